The monoisotopic (exact) mass is 432 g/mol. The number of nitrogens with one attached hydrogen (secondary N) is 1. The van der Waals surface area contributed by atoms with Crippen molar-refractivity contribution < 1.29 is 9.53 Å². The fraction of sp³-hybridized carbons (Fsp3) is 0.292. The molecule has 2 aromatic carbocycles. The molecule has 0 radical (unpaired) electrons. The van der Waals surface area contributed by atoms with E-state index in [4.69, 9.17) is 9.84 Å². The summed E-state index contributed by atoms with van der Waals surface area (Å²) in [5.41, 5.74) is 3.87. The molecule has 1 unspecified atom stereocenters. The van der Waals surface area contributed by atoms with Gasteiger partial charge in [0, 0.05) is 17.7 Å². The van der Waals surface area contributed by atoms with Crippen molar-refractivity contribution in [3.8, 4) is 5.75 Å². The van der Waals surface area contributed by atoms with E-state index in [9.17, 15) is 4.79 Å². The normalized spacial score (nSPS) is 17.7. The zero-order valence-electron chi connectivity index (χ0n) is 17.4. The van der Waals surface area contributed by atoms with Crippen LogP contribution in [0.4, 0.5) is 5.95 Å². The zero-order valence-corrected chi connectivity index (χ0v) is 18.2. The number of hydrogen-bond donors (Lipinski definition) is 1. The van der Waals surface area contributed by atoms with Gasteiger partial charge in [0.2, 0.25) is 11.1 Å². The van der Waals surface area contributed by atoms with E-state index >= 15 is 0 Å². The highest BCUT2D eigenvalue weighted by Gasteiger charge is 2.36. The van der Waals surface area contributed by atoms with Crippen molar-refractivity contribution in [2.75, 3.05) is 11.1 Å². The number of ketones is 1. The Balaban J connectivity index is 1.51. The van der Waals surface area contributed by atoms with Crippen LogP contribution in [0.3, 0.4) is 0 Å². The van der Waals surface area contributed by atoms with Gasteiger partial charge in [-0.3, -0.25) is 4.79 Å². The second kappa shape index (κ2) is 8.59. The molecule has 7 heteroatoms. The van der Waals surface area contributed by atoms with Gasteiger partial charge in [-0.15, -0.1) is 5.10 Å². The van der Waals surface area contributed by atoms with E-state index in [-0.39, 0.29) is 11.8 Å². The van der Waals surface area contributed by atoms with Crippen LogP contribution in [0.2, 0.25) is 0 Å². The molecule has 1 atom stereocenters. The van der Waals surface area contributed by atoms with Gasteiger partial charge >= 0.3 is 0 Å². The maximum absolute atomic E-state index is 13.0. The van der Waals surface area contributed by atoms with Crippen LogP contribution in [0, 0.1) is 0 Å². The number of fused-ring (bicyclic) bond motifs is 1. The Morgan fingerprint density at radius 2 is 2.03 bits per heavy atom. The van der Waals surface area contributed by atoms with Gasteiger partial charge in [0.25, 0.3) is 0 Å². The Hall–Kier alpha value is -3.06. The van der Waals surface area contributed by atoms with Crippen LogP contribution in [0.15, 0.2) is 71.0 Å². The number of ether oxygens (including phenoxy) is 1. The molecule has 1 aliphatic heterocycles. The first kappa shape index (κ1) is 19.9. The quantitative estimate of drug-likeness (QED) is 0.554. The summed E-state index contributed by atoms with van der Waals surface area (Å²) in [4.78, 5) is 17.6. The van der Waals surface area contributed by atoms with E-state index < -0.39 is 0 Å². The minimum atomic E-state index is -0.293. The molecule has 31 heavy (non-hydrogen) atoms. The molecule has 1 N–H and O–H groups in total. The smallest absolute Gasteiger partial charge is 0.227 e. The Labute approximate surface area is 185 Å². The second-order valence-corrected chi connectivity index (χ2v) is 8.87. The number of thioether (sulfide) groups is 1. The van der Waals surface area contributed by atoms with E-state index in [0.717, 1.165) is 51.9 Å². The van der Waals surface area contributed by atoms with Gasteiger partial charge in [0.1, 0.15) is 18.4 Å². The van der Waals surface area contributed by atoms with E-state index in [1.165, 1.54) is 0 Å². The third kappa shape index (κ3) is 3.97. The minimum absolute atomic E-state index is 0.181. The summed E-state index contributed by atoms with van der Waals surface area (Å²) in [6.07, 6.45) is 2.29. The van der Waals surface area contributed by atoms with E-state index in [1.54, 1.807) is 11.8 Å². The fourth-order valence-corrected chi connectivity index (χ4v) is 4.71. The molecule has 0 bridgehead atoms. The molecule has 158 valence electrons. The average Bonchev–Trinajstić information content (AvgIpc) is 3.19. The number of allylic oxidation sites excluding steroid dienone is 2. The molecule has 1 aliphatic carbocycles. The number of aromatic nitrogens is 3. The first-order valence-electron chi connectivity index (χ1n) is 10.6. The summed E-state index contributed by atoms with van der Waals surface area (Å²) in [7, 11) is 0. The lowest BCUT2D eigenvalue weighted by Crippen LogP contribution is -2.31. The minimum Gasteiger partial charge on any atom is -0.489 e. The third-order valence-corrected chi connectivity index (χ3v) is 6.26. The number of carbonyl (C=O) groups is 1. The second-order valence-electron chi connectivity index (χ2n) is 7.64. The van der Waals surface area contributed by atoms with Gasteiger partial charge in [-0.2, -0.15) is 4.98 Å². The first-order valence-corrected chi connectivity index (χ1v) is 11.6. The van der Waals surface area contributed by atoms with E-state index in [1.807, 2.05) is 59.3 Å². The summed E-state index contributed by atoms with van der Waals surface area (Å²) in [5.74, 6) is 2.54. The lowest BCUT2D eigenvalue weighted by atomic mass is 9.85. The number of anilines is 1. The molecule has 1 aromatic heterocycles. The SMILES string of the molecule is CCSc1nc2n(n1)C(c1cccc(OCc3ccccc3)c1)C1=C(CCCC1=O)N2. The van der Waals surface area contributed by atoms with Crippen molar-refractivity contribution in [3.05, 3.63) is 77.0 Å². The number of benzene rings is 2. The Morgan fingerprint density at radius 1 is 1.16 bits per heavy atom. The molecular formula is C24H24N4O2S. The predicted molar refractivity (Wildman–Crippen MR) is 121 cm³/mol. The van der Waals surface area contributed by atoms with Gasteiger partial charge in [-0.25, -0.2) is 4.68 Å². The molecule has 0 amide bonds. The van der Waals surface area contributed by atoms with Crippen molar-refractivity contribution in [2.45, 2.75) is 44.0 Å². The highest BCUT2D eigenvalue weighted by atomic mass is 32.2. The van der Waals surface area contributed by atoms with Crippen LogP contribution in [-0.2, 0) is 11.4 Å². The zero-order chi connectivity index (χ0) is 21.2. The summed E-state index contributed by atoms with van der Waals surface area (Å²) >= 11 is 1.60. The highest BCUT2D eigenvalue weighted by molar-refractivity contribution is 7.99. The standard InChI is InChI=1S/C24H24N4O2S/c1-2-31-24-26-23-25-19-12-7-13-20(29)21(19)22(28(23)27-24)17-10-6-11-18(14-17)30-15-16-8-4-3-5-9-16/h3-6,8-11,14,22H,2,7,12-13,15H2,1H3,(H,25,26,27). The average molecular weight is 433 g/mol. The molecule has 0 saturated carbocycles. The Kier molecular flexibility index (Phi) is 5.51. The van der Waals surface area contributed by atoms with Crippen LogP contribution < -0.4 is 10.1 Å². The Morgan fingerprint density at radius 3 is 2.87 bits per heavy atom. The number of Topliss-reactive ketones (excluding diaryl/α,β-unsaturated/α-hetero) is 1. The van der Waals surface area contributed by atoms with Crippen molar-refractivity contribution in [1.82, 2.24) is 14.8 Å². The molecule has 6 nitrogen and oxygen atoms in total. The molecule has 2 aliphatic rings. The molecule has 5 rings (SSSR count). The van der Waals surface area contributed by atoms with Crippen molar-refractivity contribution in [2.24, 2.45) is 0 Å². The molecular weight excluding hydrogens is 408 g/mol. The summed E-state index contributed by atoms with van der Waals surface area (Å²) in [6.45, 7) is 2.57. The van der Waals surface area contributed by atoms with E-state index in [2.05, 4.69) is 17.2 Å². The van der Waals surface area contributed by atoms with Crippen LogP contribution in [0.5, 0.6) is 5.75 Å². The summed E-state index contributed by atoms with van der Waals surface area (Å²) < 4.78 is 7.91. The first-order chi connectivity index (χ1) is 15.2. The number of nitrogens with zero attached hydrogens (tertiary/aromatic N) is 3. The van der Waals surface area contributed by atoms with Gasteiger partial charge in [0.15, 0.2) is 5.78 Å². The van der Waals surface area contributed by atoms with Crippen LogP contribution in [0.1, 0.15) is 43.4 Å². The lowest BCUT2D eigenvalue weighted by molar-refractivity contribution is -0.116. The summed E-state index contributed by atoms with van der Waals surface area (Å²) in [6, 6.07) is 17.8. The number of carbonyl (C=O) groups excluding carboxylic acids is 1. The third-order valence-electron chi connectivity index (χ3n) is 5.54. The maximum atomic E-state index is 13.0. The largest absolute Gasteiger partial charge is 0.489 e. The highest BCUT2D eigenvalue weighted by Crippen LogP contribution is 2.41. The molecule has 0 saturated heterocycles. The van der Waals surface area contributed by atoms with E-state index in [0.29, 0.717) is 19.0 Å². The number of rotatable bonds is 6. The van der Waals surface area contributed by atoms with Crippen molar-refractivity contribution >= 4 is 23.5 Å². The van der Waals surface area contributed by atoms with Gasteiger partial charge in [-0.05, 0) is 41.9 Å². The molecule has 2 heterocycles. The fourth-order valence-electron chi connectivity index (χ4n) is 4.15. The summed E-state index contributed by atoms with van der Waals surface area (Å²) in [5, 5.41) is 8.82. The lowest BCUT2D eigenvalue weighted by Gasteiger charge is -2.32. The Bertz CT molecular complexity index is 1140. The molecule has 0 fully saturated rings. The maximum Gasteiger partial charge on any atom is 0.227 e. The van der Waals surface area contributed by atoms with Crippen LogP contribution >= 0.6 is 11.8 Å². The molecule has 0 spiro atoms. The van der Waals surface area contributed by atoms with Gasteiger partial charge in [0.05, 0.1) is 0 Å². The van der Waals surface area contributed by atoms with Crippen LogP contribution in [0.25, 0.3) is 0 Å². The van der Waals surface area contributed by atoms with Crippen molar-refractivity contribution in [1.29, 1.82) is 0 Å². The van der Waals surface area contributed by atoms with Crippen LogP contribution in [-0.4, -0.2) is 26.3 Å². The predicted octanol–water partition coefficient (Wildman–Crippen LogP) is 4.99. The van der Waals surface area contributed by atoms with Crippen molar-refractivity contribution in [3.63, 3.8) is 0 Å². The van der Waals surface area contributed by atoms with Gasteiger partial charge < -0.3 is 10.1 Å². The number of hydrogen-bond acceptors (Lipinski definition) is 6. The topological polar surface area (TPSA) is 69.0 Å². The molecule has 3 aromatic rings. The van der Waals surface area contributed by atoms with Gasteiger partial charge in [-0.1, -0.05) is 61.2 Å².